The van der Waals surface area contributed by atoms with Gasteiger partial charge in [-0.15, -0.1) is 0 Å². The molecule has 0 N–H and O–H groups in total. The average Bonchev–Trinajstić information content (AvgIpc) is 3.49. The summed E-state index contributed by atoms with van der Waals surface area (Å²) in [5.74, 6) is -1.09. The first-order valence-electron chi connectivity index (χ1n) is 32.2. The Hall–Kier alpha value is -6.27. The number of carbonyl (C=O) groups is 3. The van der Waals surface area contributed by atoms with Gasteiger partial charge in [-0.3, -0.25) is 14.4 Å². The van der Waals surface area contributed by atoms with Crippen LogP contribution in [0.5, 0.6) is 0 Å². The zero-order valence-electron chi connectivity index (χ0n) is 52.4. The van der Waals surface area contributed by atoms with E-state index in [4.69, 9.17) is 14.2 Å². The lowest BCUT2D eigenvalue weighted by Crippen LogP contribution is -2.30. The second-order valence-electron chi connectivity index (χ2n) is 20.2. The van der Waals surface area contributed by atoms with Gasteiger partial charge in [0, 0.05) is 19.3 Å². The van der Waals surface area contributed by atoms with Crippen molar-refractivity contribution in [1.29, 1.82) is 0 Å². The van der Waals surface area contributed by atoms with E-state index in [0.717, 1.165) is 180 Å². The highest BCUT2D eigenvalue weighted by molar-refractivity contribution is 5.71. The quantitative estimate of drug-likeness (QED) is 0.0261. The molecule has 0 heterocycles. The van der Waals surface area contributed by atoms with Crippen LogP contribution in [0.15, 0.2) is 219 Å². The Morgan fingerprint density at radius 3 is 0.759 bits per heavy atom. The molecule has 0 fully saturated rings. The van der Waals surface area contributed by atoms with E-state index in [1.807, 2.05) is 12.2 Å². The van der Waals surface area contributed by atoms with Crippen LogP contribution in [0.2, 0.25) is 0 Å². The van der Waals surface area contributed by atoms with Crippen LogP contribution in [-0.4, -0.2) is 37.2 Å². The van der Waals surface area contributed by atoms with E-state index in [-0.39, 0.29) is 50.4 Å². The number of hydrogen-bond donors (Lipinski definition) is 0. The molecule has 83 heavy (non-hydrogen) atoms. The maximum atomic E-state index is 12.9. The van der Waals surface area contributed by atoms with Crippen LogP contribution >= 0.6 is 0 Å². The van der Waals surface area contributed by atoms with Gasteiger partial charge in [-0.1, -0.05) is 265 Å². The van der Waals surface area contributed by atoms with Crippen molar-refractivity contribution >= 4 is 17.9 Å². The van der Waals surface area contributed by atoms with Gasteiger partial charge in [-0.05, 0) is 161 Å². The van der Waals surface area contributed by atoms with Crippen LogP contribution in [0.1, 0.15) is 226 Å². The molecule has 0 bridgehead atoms. The van der Waals surface area contributed by atoms with Gasteiger partial charge in [0.1, 0.15) is 13.2 Å². The molecule has 1 atom stereocenters. The standard InChI is InChI=1S/C77H114O6/c1-4-7-10-13-16-19-22-25-27-29-31-33-34-35-36-37-38-39-40-41-42-44-45-47-49-52-55-58-61-64-67-70-76(79)82-73-74(72-81-75(78)69-66-63-60-57-54-51-24-21-18-15-12-9-6-3)83-77(80)71-68-65-62-59-56-53-50-48-46-43-32-30-28-26-23-20-17-14-11-8-5-2/h7-12,16-21,25-28,31-33,35-36,38-39,41-43,45,47-48,50-52,54-55,60,63,74H,4-6,13-15,22-24,29-30,34,37,40,44,46,49,53,56-59,61-62,64-73H2,1-3H3/b10-7-,11-8-,12-9-,19-16-,20-17-,21-18-,27-25-,28-26-,33-31-,36-35-,39-38-,42-41-,43-32-,47-45-,50-48-,54-51-,55-52-,63-60-. The Kier molecular flexibility index (Phi) is 63.1. The van der Waals surface area contributed by atoms with Crippen LogP contribution in [0.25, 0.3) is 0 Å². The Morgan fingerprint density at radius 2 is 0.458 bits per heavy atom. The summed E-state index contributed by atoms with van der Waals surface area (Å²) in [6, 6.07) is 0. The molecular weight excluding hydrogens is 1020 g/mol. The molecule has 0 aromatic rings. The number of allylic oxidation sites excluding steroid dienone is 36. The van der Waals surface area contributed by atoms with Gasteiger partial charge < -0.3 is 14.2 Å². The molecule has 0 amide bonds. The van der Waals surface area contributed by atoms with Crippen molar-refractivity contribution in [3.63, 3.8) is 0 Å². The lowest BCUT2D eigenvalue weighted by atomic mass is 10.1. The molecule has 0 aromatic heterocycles. The van der Waals surface area contributed by atoms with Crippen LogP contribution in [0, 0.1) is 0 Å². The first-order valence-corrected chi connectivity index (χ1v) is 32.2. The van der Waals surface area contributed by atoms with Crippen molar-refractivity contribution in [3.05, 3.63) is 219 Å². The number of esters is 3. The van der Waals surface area contributed by atoms with Crippen LogP contribution in [-0.2, 0) is 28.6 Å². The summed E-state index contributed by atoms with van der Waals surface area (Å²) in [6.45, 7) is 6.16. The molecule has 0 radical (unpaired) electrons. The number of rotatable bonds is 55. The minimum atomic E-state index is -0.847. The fraction of sp³-hybridized carbons (Fsp3) is 0.494. The van der Waals surface area contributed by atoms with Crippen LogP contribution in [0.3, 0.4) is 0 Å². The number of hydrogen-bond acceptors (Lipinski definition) is 6. The highest BCUT2D eigenvalue weighted by Gasteiger charge is 2.19. The molecule has 0 rings (SSSR count). The van der Waals surface area contributed by atoms with E-state index in [1.165, 1.54) is 0 Å². The van der Waals surface area contributed by atoms with Crippen molar-refractivity contribution in [2.24, 2.45) is 0 Å². The molecular formula is C77H114O6. The lowest BCUT2D eigenvalue weighted by Gasteiger charge is -2.18. The fourth-order valence-electron chi connectivity index (χ4n) is 7.77. The summed E-state index contributed by atoms with van der Waals surface area (Å²) in [4.78, 5) is 38.3. The van der Waals surface area contributed by atoms with Gasteiger partial charge in [-0.25, -0.2) is 0 Å². The topological polar surface area (TPSA) is 78.9 Å². The number of ether oxygens (including phenoxy) is 3. The summed E-state index contributed by atoms with van der Waals surface area (Å²) in [5, 5.41) is 0. The van der Waals surface area contributed by atoms with Crippen molar-refractivity contribution in [2.75, 3.05) is 13.2 Å². The second-order valence-corrected chi connectivity index (χ2v) is 20.2. The van der Waals surface area contributed by atoms with Gasteiger partial charge in [0.25, 0.3) is 0 Å². The van der Waals surface area contributed by atoms with E-state index in [2.05, 4.69) is 227 Å². The molecule has 0 saturated carbocycles. The minimum Gasteiger partial charge on any atom is -0.462 e. The third-order valence-corrected chi connectivity index (χ3v) is 12.5. The monoisotopic (exact) mass is 1130 g/mol. The second kappa shape index (κ2) is 68.2. The highest BCUT2D eigenvalue weighted by atomic mass is 16.6. The van der Waals surface area contributed by atoms with E-state index >= 15 is 0 Å². The highest BCUT2D eigenvalue weighted by Crippen LogP contribution is 2.12. The minimum absolute atomic E-state index is 0.139. The molecule has 0 spiro atoms. The Morgan fingerprint density at radius 1 is 0.241 bits per heavy atom. The summed E-state index contributed by atoms with van der Waals surface area (Å²) in [7, 11) is 0. The average molecular weight is 1140 g/mol. The molecule has 0 aromatic carbocycles. The third kappa shape index (κ3) is 66.4. The Labute approximate surface area is 508 Å². The molecule has 0 aliphatic heterocycles. The van der Waals surface area contributed by atoms with E-state index in [0.29, 0.717) is 6.42 Å². The normalized spacial score (nSPS) is 13.6. The molecule has 0 saturated heterocycles. The molecule has 1 unspecified atom stereocenters. The van der Waals surface area contributed by atoms with Gasteiger partial charge in [0.2, 0.25) is 0 Å². The SMILES string of the molecule is CC/C=C\C/C=C\C/C=C\C/C=C\C/C=C\C/C=C\C/C=C\C/C=C\C/C=C\CCCCCC(=O)OCC(COC(=O)CC/C=C\C/C=C\C/C=C\C/C=C\CC)OC(=O)CCCCCCC/C=C\C/C=C\C/C=C\C/C=C\C/C=C\CC. The summed E-state index contributed by atoms with van der Waals surface area (Å²) >= 11 is 0. The van der Waals surface area contributed by atoms with Crippen molar-refractivity contribution in [1.82, 2.24) is 0 Å². The van der Waals surface area contributed by atoms with Crippen LogP contribution < -0.4 is 0 Å². The largest absolute Gasteiger partial charge is 0.462 e. The summed E-state index contributed by atoms with van der Waals surface area (Å²) < 4.78 is 16.8. The van der Waals surface area contributed by atoms with E-state index in [9.17, 15) is 14.4 Å². The zero-order valence-corrected chi connectivity index (χ0v) is 52.4. The van der Waals surface area contributed by atoms with Gasteiger partial charge in [-0.2, -0.15) is 0 Å². The lowest BCUT2D eigenvalue weighted by molar-refractivity contribution is -0.166. The molecule has 458 valence electrons. The van der Waals surface area contributed by atoms with Gasteiger partial charge >= 0.3 is 17.9 Å². The maximum Gasteiger partial charge on any atom is 0.306 e. The van der Waals surface area contributed by atoms with E-state index < -0.39 is 6.10 Å². The van der Waals surface area contributed by atoms with Crippen molar-refractivity contribution < 1.29 is 28.6 Å². The Bertz CT molecular complexity index is 2080. The van der Waals surface area contributed by atoms with Crippen LogP contribution in [0.4, 0.5) is 0 Å². The third-order valence-electron chi connectivity index (χ3n) is 12.5. The summed E-state index contributed by atoms with van der Waals surface area (Å²) in [5.41, 5.74) is 0. The predicted molar refractivity (Wildman–Crippen MR) is 361 cm³/mol. The van der Waals surface area contributed by atoms with Crippen molar-refractivity contribution in [3.8, 4) is 0 Å². The molecule has 0 aliphatic rings. The zero-order chi connectivity index (χ0) is 59.9. The number of carbonyl (C=O) groups excluding carboxylic acids is 3. The van der Waals surface area contributed by atoms with E-state index in [1.54, 1.807) is 0 Å². The summed E-state index contributed by atoms with van der Waals surface area (Å²) in [6.07, 6.45) is 107. The van der Waals surface area contributed by atoms with Gasteiger partial charge in [0.15, 0.2) is 6.10 Å². The van der Waals surface area contributed by atoms with Gasteiger partial charge in [0.05, 0.1) is 0 Å². The van der Waals surface area contributed by atoms with Crippen molar-refractivity contribution in [2.45, 2.75) is 232 Å². The molecule has 6 heteroatoms. The fourth-order valence-corrected chi connectivity index (χ4v) is 7.77. The first-order chi connectivity index (χ1) is 41.0. The predicted octanol–water partition coefficient (Wildman–Crippen LogP) is 22.5. The maximum absolute atomic E-state index is 12.9. The number of unbranched alkanes of at least 4 members (excludes halogenated alkanes) is 8. The Balaban J connectivity index is 4.52. The first kappa shape index (κ1) is 76.7. The smallest absolute Gasteiger partial charge is 0.306 e. The molecule has 6 nitrogen and oxygen atoms in total. The molecule has 0 aliphatic carbocycles.